The number of urea groups is 1. The number of aromatic nitrogens is 2. The number of amides is 3. The van der Waals surface area contributed by atoms with Gasteiger partial charge in [0.05, 0.1) is 26.3 Å². The SMILES string of the molecule is COC(=O)[C@@]12CC1/C=C\CCCCN(C)C(=O)[C@@H]1C[C@H](Oc3cc(-c4nc(C(F)(F)F)cs4)nc4c(C)c(OC)ccc34)CN1C(=O)N2. The van der Waals surface area contributed by atoms with Crippen molar-refractivity contribution >= 4 is 40.1 Å². The highest BCUT2D eigenvalue weighted by atomic mass is 32.1. The van der Waals surface area contributed by atoms with Gasteiger partial charge in [-0.15, -0.1) is 11.3 Å². The van der Waals surface area contributed by atoms with E-state index < -0.39 is 41.6 Å². The molecule has 3 amide bonds. The molecule has 11 nitrogen and oxygen atoms in total. The number of hydrogen-bond donors (Lipinski definition) is 1. The molecular formula is C33H36F3N5O6S. The van der Waals surface area contributed by atoms with Gasteiger partial charge in [0, 0.05) is 48.3 Å². The molecule has 1 aliphatic carbocycles. The first-order valence-corrected chi connectivity index (χ1v) is 16.5. The normalized spacial score (nSPS) is 25.5. The maximum Gasteiger partial charge on any atom is 0.434 e. The van der Waals surface area contributed by atoms with E-state index in [4.69, 9.17) is 14.2 Å². The molecule has 1 saturated heterocycles. The van der Waals surface area contributed by atoms with Crippen LogP contribution in [0.15, 0.2) is 35.7 Å². The average Bonchev–Trinajstić information content (AvgIpc) is 3.36. The molecule has 0 bridgehead atoms. The van der Waals surface area contributed by atoms with Gasteiger partial charge in [0.15, 0.2) is 5.69 Å². The summed E-state index contributed by atoms with van der Waals surface area (Å²) in [4.78, 5) is 51.9. The number of carbonyl (C=O) groups excluding carboxylic acids is 3. The van der Waals surface area contributed by atoms with Crippen LogP contribution in [0.25, 0.3) is 21.6 Å². The lowest BCUT2D eigenvalue weighted by molar-refractivity contribution is -0.144. The van der Waals surface area contributed by atoms with Gasteiger partial charge >= 0.3 is 18.2 Å². The molecule has 0 spiro atoms. The fraction of sp³-hybridized carbons (Fsp3) is 0.485. The van der Waals surface area contributed by atoms with Gasteiger partial charge in [0.2, 0.25) is 5.91 Å². The van der Waals surface area contributed by atoms with Gasteiger partial charge in [-0.25, -0.2) is 19.6 Å². The summed E-state index contributed by atoms with van der Waals surface area (Å²) in [5.74, 6) is -0.203. The number of ether oxygens (including phenoxy) is 3. The van der Waals surface area contributed by atoms with Crippen LogP contribution in [0.3, 0.4) is 0 Å². The fourth-order valence-corrected chi connectivity index (χ4v) is 7.27. The molecule has 4 heterocycles. The molecule has 1 aromatic carbocycles. The lowest BCUT2D eigenvalue weighted by atomic mass is 10.1. The van der Waals surface area contributed by atoms with Crippen LogP contribution in [0.5, 0.6) is 11.5 Å². The number of hydrogen-bond acceptors (Lipinski definition) is 9. The van der Waals surface area contributed by atoms with Crippen molar-refractivity contribution in [3.8, 4) is 22.2 Å². The minimum Gasteiger partial charge on any atom is -0.496 e. The molecule has 1 unspecified atom stereocenters. The van der Waals surface area contributed by atoms with Crippen molar-refractivity contribution in [2.24, 2.45) is 5.92 Å². The monoisotopic (exact) mass is 687 g/mol. The smallest absolute Gasteiger partial charge is 0.434 e. The number of alkyl halides is 3. The third-order valence-corrected chi connectivity index (χ3v) is 10.1. The lowest BCUT2D eigenvalue weighted by Gasteiger charge is -2.29. The van der Waals surface area contributed by atoms with E-state index in [-0.39, 0.29) is 35.5 Å². The number of carbonyl (C=O) groups is 3. The largest absolute Gasteiger partial charge is 0.496 e. The summed E-state index contributed by atoms with van der Waals surface area (Å²) in [7, 11) is 4.48. The fourth-order valence-electron chi connectivity index (χ4n) is 6.48. The van der Waals surface area contributed by atoms with Crippen LogP contribution < -0.4 is 14.8 Å². The highest BCUT2D eigenvalue weighted by Crippen LogP contribution is 2.46. The minimum absolute atomic E-state index is 0.0115. The Morgan fingerprint density at radius 2 is 1.94 bits per heavy atom. The third-order valence-electron chi connectivity index (χ3n) is 9.24. The Balaban J connectivity index is 1.35. The summed E-state index contributed by atoms with van der Waals surface area (Å²) < 4.78 is 57.3. The molecule has 6 rings (SSSR count). The highest BCUT2D eigenvalue weighted by molar-refractivity contribution is 7.13. The summed E-state index contributed by atoms with van der Waals surface area (Å²) in [6.07, 6.45) is 1.56. The number of rotatable bonds is 5. The first-order chi connectivity index (χ1) is 22.9. The zero-order valence-electron chi connectivity index (χ0n) is 26.9. The van der Waals surface area contributed by atoms with Crippen molar-refractivity contribution < 1.29 is 41.8 Å². The molecule has 4 atom stereocenters. The Labute approximate surface area is 279 Å². The molecule has 3 aromatic rings. The van der Waals surface area contributed by atoms with Crippen molar-refractivity contribution in [3.05, 3.63) is 47.0 Å². The number of halogens is 3. The second kappa shape index (κ2) is 12.9. The van der Waals surface area contributed by atoms with Crippen LogP contribution in [0.1, 0.15) is 43.4 Å². The second-order valence-corrected chi connectivity index (χ2v) is 13.2. The van der Waals surface area contributed by atoms with E-state index >= 15 is 0 Å². The predicted octanol–water partition coefficient (Wildman–Crippen LogP) is 5.36. The van der Waals surface area contributed by atoms with Crippen LogP contribution in [0, 0.1) is 12.8 Å². The Morgan fingerprint density at radius 3 is 2.65 bits per heavy atom. The highest BCUT2D eigenvalue weighted by Gasteiger charge is 2.62. The number of aryl methyl sites for hydroxylation is 1. The van der Waals surface area contributed by atoms with Gasteiger partial charge in [-0.05, 0) is 44.7 Å². The van der Waals surface area contributed by atoms with Crippen molar-refractivity contribution in [3.63, 3.8) is 0 Å². The summed E-state index contributed by atoms with van der Waals surface area (Å²) in [5, 5.41) is 4.43. The van der Waals surface area contributed by atoms with Crippen molar-refractivity contribution in [1.82, 2.24) is 25.1 Å². The number of methoxy groups -OCH3 is 2. The summed E-state index contributed by atoms with van der Waals surface area (Å²) in [5.41, 5.74) is -0.974. The van der Waals surface area contributed by atoms with Crippen molar-refractivity contribution in [2.75, 3.05) is 34.4 Å². The molecule has 0 radical (unpaired) electrons. The molecule has 256 valence electrons. The van der Waals surface area contributed by atoms with Crippen LogP contribution in [-0.4, -0.2) is 89.7 Å². The van der Waals surface area contributed by atoms with Crippen molar-refractivity contribution in [2.45, 2.75) is 62.9 Å². The van der Waals surface area contributed by atoms with Crippen LogP contribution in [0.2, 0.25) is 0 Å². The summed E-state index contributed by atoms with van der Waals surface area (Å²) >= 11 is 0.811. The molecule has 15 heteroatoms. The van der Waals surface area contributed by atoms with Gasteiger partial charge in [-0.1, -0.05) is 12.2 Å². The van der Waals surface area contributed by atoms with E-state index in [1.807, 2.05) is 12.2 Å². The van der Waals surface area contributed by atoms with Gasteiger partial charge in [0.25, 0.3) is 0 Å². The Bertz CT molecular complexity index is 1780. The van der Waals surface area contributed by atoms with Crippen LogP contribution in [0.4, 0.5) is 18.0 Å². The predicted molar refractivity (Wildman–Crippen MR) is 171 cm³/mol. The molecule has 1 N–H and O–H groups in total. The molecular weight excluding hydrogens is 651 g/mol. The zero-order valence-corrected chi connectivity index (χ0v) is 27.7. The Hall–Kier alpha value is -4.40. The molecule has 48 heavy (non-hydrogen) atoms. The number of likely N-dealkylation sites (N-methyl/N-ethyl adjacent to an activating group) is 1. The number of pyridine rings is 1. The van der Waals surface area contributed by atoms with Gasteiger partial charge in [-0.2, -0.15) is 13.2 Å². The molecule has 2 fully saturated rings. The first kappa shape index (κ1) is 33.5. The second-order valence-electron chi connectivity index (χ2n) is 12.4. The van der Waals surface area contributed by atoms with E-state index in [0.717, 1.165) is 36.0 Å². The van der Waals surface area contributed by atoms with E-state index in [1.165, 1.54) is 25.2 Å². The molecule has 2 aromatic heterocycles. The quantitative estimate of drug-likeness (QED) is 0.281. The topological polar surface area (TPSA) is 123 Å². The maximum atomic E-state index is 13.9. The average molecular weight is 688 g/mol. The van der Waals surface area contributed by atoms with Gasteiger partial charge in [-0.3, -0.25) is 4.79 Å². The number of nitrogens with one attached hydrogen (secondary N) is 1. The Morgan fingerprint density at radius 1 is 1.15 bits per heavy atom. The minimum atomic E-state index is -4.62. The number of benzene rings is 1. The van der Waals surface area contributed by atoms with Crippen LogP contribution >= 0.6 is 11.3 Å². The Kier molecular flexibility index (Phi) is 9.00. The summed E-state index contributed by atoms with van der Waals surface area (Å²) in [6, 6.07) is 3.55. The number of allylic oxidation sites excluding steroid dienone is 1. The number of thiazole rings is 1. The maximum absolute atomic E-state index is 13.9. The number of esters is 1. The summed E-state index contributed by atoms with van der Waals surface area (Å²) in [6.45, 7) is 2.30. The zero-order chi connectivity index (χ0) is 34.4. The first-order valence-electron chi connectivity index (χ1n) is 15.6. The number of nitrogens with zero attached hydrogens (tertiary/aromatic N) is 4. The third kappa shape index (κ3) is 6.27. The van der Waals surface area contributed by atoms with Crippen molar-refractivity contribution in [1.29, 1.82) is 0 Å². The van der Waals surface area contributed by atoms with E-state index in [9.17, 15) is 27.6 Å². The molecule has 2 aliphatic heterocycles. The number of fused-ring (bicyclic) bond motifs is 3. The van der Waals surface area contributed by atoms with E-state index in [1.54, 1.807) is 31.0 Å². The molecule has 1 saturated carbocycles. The standard InChI is InChI=1S/C33H36F3N5O6S/c1-18-24(45-3)11-10-21-25(14-22(37-27(18)21)28-38-26(17-48-28)33(34,35)36)47-20-13-23-29(42)40(2)12-8-6-5-7-9-19-15-32(19,30(43)46-4)39-31(44)41(23)16-20/h7,9-11,14,17,19-20,23H,5-6,8,12-13,15-16H2,1-4H3,(H,39,44)/b9-7-/t19?,20-,23-,32+/m0/s1. The van der Waals surface area contributed by atoms with Gasteiger partial charge < -0.3 is 29.3 Å². The van der Waals surface area contributed by atoms with Crippen LogP contribution in [-0.2, 0) is 20.5 Å². The van der Waals surface area contributed by atoms with E-state index in [2.05, 4.69) is 15.3 Å². The van der Waals surface area contributed by atoms with E-state index in [0.29, 0.717) is 40.9 Å². The lowest BCUT2D eigenvalue weighted by Crippen LogP contribution is -2.55. The van der Waals surface area contributed by atoms with Gasteiger partial charge in [0.1, 0.15) is 39.9 Å². The molecule has 3 aliphatic rings.